The zero-order valence-electron chi connectivity index (χ0n) is 48.9. The second-order valence-corrected chi connectivity index (χ2v) is 21.9. The van der Waals surface area contributed by atoms with Crippen molar-refractivity contribution >= 4 is 23.6 Å². The molecule has 6 aromatic carbocycles. The molecule has 4 aliphatic rings. The molecule has 16 nitrogen and oxygen atoms in total. The third-order valence-corrected chi connectivity index (χ3v) is 15.8. The Hall–Kier alpha value is -7.58. The Morgan fingerprint density at radius 1 is 0.442 bits per heavy atom. The molecule has 4 fully saturated rings. The summed E-state index contributed by atoms with van der Waals surface area (Å²) in [7, 11) is 0. The molecule has 4 amide bonds. The van der Waals surface area contributed by atoms with Crippen LogP contribution in [0.2, 0.25) is 0 Å². The standard InChI is InChI=1S/2C34H40FN3O5/c2*35-31-8-2-1-6-27(31)24-41-18-4-19-42-28-11-9-26(10-12-28)30-15-16-36-23-32(30)37-22-25-5-3-7-29(21-25)43-20-17-38-33(39)13-14-34(38)40/h2*1-3,5-12,21,30,32,36-37H,4,13-20,22-24H2/t30?,32-;30-,32-/m10/s1. The monoisotopic (exact) mass is 1180 g/mol. The lowest BCUT2D eigenvalue weighted by Gasteiger charge is -2.33. The van der Waals surface area contributed by atoms with Crippen LogP contribution in [0.25, 0.3) is 0 Å². The number of hydrogen-bond donors (Lipinski definition) is 4. The summed E-state index contributed by atoms with van der Waals surface area (Å²) in [5.41, 5.74) is 5.91. The van der Waals surface area contributed by atoms with E-state index in [4.69, 9.17) is 28.4 Å². The number of halogens is 2. The molecule has 4 N–H and O–H groups in total. The number of carbonyl (C=O) groups is 4. The van der Waals surface area contributed by atoms with Crippen molar-refractivity contribution in [2.24, 2.45) is 0 Å². The highest BCUT2D eigenvalue weighted by molar-refractivity contribution is 6.02. The Morgan fingerprint density at radius 2 is 0.837 bits per heavy atom. The van der Waals surface area contributed by atoms with Crippen molar-refractivity contribution in [1.82, 2.24) is 31.1 Å². The predicted molar refractivity (Wildman–Crippen MR) is 323 cm³/mol. The summed E-state index contributed by atoms with van der Waals surface area (Å²) >= 11 is 0. The fourth-order valence-corrected chi connectivity index (χ4v) is 11.1. The summed E-state index contributed by atoms with van der Waals surface area (Å²) in [5, 5.41) is 14.5. The zero-order valence-corrected chi connectivity index (χ0v) is 48.9. The molecule has 86 heavy (non-hydrogen) atoms. The Kier molecular flexibility index (Phi) is 24.4. The third-order valence-electron chi connectivity index (χ3n) is 15.8. The predicted octanol–water partition coefficient (Wildman–Crippen LogP) is 9.15. The third kappa shape index (κ3) is 19.2. The van der Waals surface area contributed by atoms with Gasteiger partial charge in [0.1, 0.15) is 47.8 Å². The first-order chi connectivity index (χ1) is 42.1. The SMILES string of the molecule is O=C1CCC(=O)N1CCOc1cccc(CN[C@@H]2CNCCC2c2ccc(OCCCOCc3ccccc3F)cc2)c1.O=C1CCC(=O)N1CCOc1cccc(CN[C@H]2CNCC[C@H]2c2ccc(OCCCOCc3ccccc3F)cc2)c1. The molecule has 4 heterocycles. The number of imide groups is 2. The number of amides is 4. The normalized spacial score (nSPS) is 18.7. The second-order valence-electron chi connectivity index (χ2n) is 21.9. The molecule has 4 saturated heterocycles. The molecule has 4 atom stereocenters. The zero-order chi connectivity index (χ0) is 59.7. The second kappa shape index (κ2) is 33.4. The van der Waals surface area contributed by atoms with Crippen molar-refractivity contribution in [3.63, 3.8) is 0 Å². The highest BCUT2D eigenvalue weighted by Gasteiger charge is 2.31. The first-order valence-electron chi connectivity index (χ1n) is 30.2. The van der Waals surface area contributed by atoms with E-state index in [-0.39, 0.29) is 86.9 Å². The lowest BCUT2D eigenvalue weighted by molar-refractivity contribution is -0.140. The quantitative estimate of drug-likeness (QED) is 0.0248. The lowest BCUT2D eigenvalue weighted by Crippen LogP contribution is -2.47. The maximum atomic E-state index is 13.7. The Labute approximate surface area is 503 Å². The smallest absolute Gasteiger partial charge is 0.229 e. The minimum atomic E-state index is -0.242. The van der Waals surface area contributed by atoms with Crippen molar-refractivity contribution < 1.29 is 56.4 Å². The summed E-state index contributed by atoms with van der Waals surface area (Å²) in [6.45, 7) is 8.83. The van der Waals surface area contributed by atoms with E-state index in [1.807, 2.05) is 60.7 Å². The van der Waals surface area contributed by atoms with Crippen molar-refractivity contribution in [2.45, 2.75) is 102 Å². The fourth-order valence-electron chi connectivity index (χ4n) is 11.1. The first-order valence-corrected chi connectivity index (χ1v) is 30.2. The van der Waals surface area contributed by atoms with Crippen LogP contribution in [0.5, 0.6) is 23.0 Å². The summed E-state index contributed by atoms with van der Waals surface area (Å²) in [6, 6.07) is 46.4. The average molecular weight is 1180 g/mol. The van der Waals surface area contributed by atoms with E-state index in [0.717, 1.165) is 86.0 Å². The molecule has 0 spiro atoms. The largest absolute Gasteiger partial charge is 0.494 e. The number of nitrogens with zero attached hydrogens (tertiary/aromatic N) is 2. The minimum Gasteiger partial charge on any atom is -0.494 e. The van der Waals surface area contributed by atoms with Crippen LogP contribution in [0.1, 0.15) is 96.6 Å². The van der Waals surface area contributed by atoms with Gasteiger partial charge in [-0.3, -0.25) is 29.0 Å². The number of ether oxygens (including phenoxy) is 6. The molecule has 18 heteroatoms. The molecule has 0 bridgehead atoms. The van der Waals surface area contributed by atoms with Gasteiger partial charge in [0.2, 0.25) is 23.6 Å². The summed E-state index contributed by atoms with van der Waals surface area (Å²) in [6.07, 6.45) is 4.71. The van der Waals surface area contributed by atoms with Crippen LogP contribution < -0.4 is 40.2 Å². The van der Waals surface area contributed by atoms with E-state index in [1.165, 1.54) is 33.1 Å². The minimum absolute atomic E-state index is 0.121. The van der Waals surface area contributed by atoms with E-state index in [0.29, 0.717) is 88.2 Å². The average Bonchev–Trinajstić information content (AvgIpc) is 4.14. The van der Waals surface area contributed by atoms with E-state index in [2.05, 4.69) is 57.7 Å². The number of carbonyl (C=O) groups excluding carboxylic acids is 4. The van der Waals surface area contributed by atoms with Gasteiger partial charge in [0.15, 0.2) is 0 Å². The molecule has 0 saturated carbocycles. The number of rotatable bonds is 30. The van der Waals surface area contributed by atoms with Crippen LogP contribution in [-0.4, -0.2) is 124 Å². The molecule has 6 aromatic rings. The van der Waals surface area contributed by atoms with Crippen LogP contribution in [-0.2, 0) is 55.0 Å². The van der Waals surface area contributed by atoms with Gasteiger partial charge in [-0.25, -0.2) is 8.78 Å². The van der Waals surface area contributed by atoms with Gasteiger partial charge >= 0.3 is 0 Å². The van der Waals surface area contributed by atoms with Gasteiger partial charge < -0.3 is 49.7 Å². The van der Waals surface area contributed by atoms with E-state index >= 15 is 0 Å². The highest BCUT2D eigenvalue weighted by Crippen LogP contribution is 2.30. The van der Waals surface area contributed by atoms with Gasteiger partial charge in [-0.05, 0) is 109 Å². The molecule has 1 unspecified atom stereocenters. The Balaban J connectivity index is 0.000000205. The number of piperidine rings is 2. The number of likely N-dealkylation sites (tertiary alicyclic amines) is 2. The van der Waals surface area contributed by atoms with Gasteiger partial charge in [-0.15, -0.1) is 0 Å². The van der Waals surface area contributed by atoms with Crippen molar-refractivity contribution in [3.8, 4) is 23.0 Å². The highest BCUT2D eigenvalue weighted by atomic mass is 19.1. The van der Waals surface area contributed by atoms with Crippen LogP contribution in [0, 0.1) is 11.6 Å². The van der Waals surface area contributed by atoms with Crippen molar-refractivity contribution in [2.75, 3.05) is 78.9 Å². The van der Waals surface area contributed by atoms with Crippen LogP contribution in [0.3, 0.4) is 0 Å². The molecule has 0 radical (unpaired) electrons. The summed E-state index contributed by atoms with van der Waals surface area (Å²) in [5.74, 6) is 2.88. The number of hydrogen-bond acceptors (Lipinski definition) is 14. The van der Waals surface area contributed by atoms with Crippen LogP contribution >= 0.6 is 0 Å². The van der Waals surface area contributed by atoms with Crippen molar-refractivity contribution in [3.05, 3.63) is 191 Å². The van der Waals surface area contributed by atoms with Gasteiger partial charge in [-0.1, -0.05) is 84.9 Å². The van der Waals surface area contributed by atoms with Crippen LogP contribution in [0.4, 0.5) is 8.78 Å². The number of benzene rings is 6. The maximum Gasteiger partial charge on any atom is 0.229 e. The molecule has 0 aromatic heterocycles. The van der Waals surface area contributed by atoms with Gasteiger partial charge in [0.25, 0.3) is 0 Å². The Bertz CT molecular complexity index is 2880. The molecular weight excluding hydrogens is 1100 g/mol. The van der Waals surface area contributed by atoms with E-state index < -0.39 is 0 Å². The Morgan fingerprint density at radius 3 is 1.24 bits per heavy atom. The molecule has 4 aliphatic heterocycles. The lowest BCUT2D eigenvalue weighted by atomic mass is 9.86. The van der Waals surface area contributed by atoms with Gasteiger partial charge in [0.05, 0.1) is 52.7 Å². The molecular formula is C68H80F2N6O10. The van der Waals surface area contributed by atoms with E-state index in [1.54, 1.807) is 36.4 Å². The topological polar surface area (TPSA) is 178 Å². The maximum absolute atomic E-state index is 13.7. The van der Waals surface area contributed by atoms with Crippen molar-refractivity contribution in [1.29, 1.82) is 0 Å². The van der Waals surface area contributed by atoms with E-state index in [9.17, 15) is 28.0 Å². The summed E-state index contributed by atoms with van der Waals surface area (Å²) < 4.78 is 62.0. The van der Waals surface area contributed by atoms with Gasteiger partial charge in [0, 0.05) is 99.8 Å². The molecule has 0 aliphatic carbocycles. The van der Waals surface area contributed by atoms with Gasteiger partial charge in [-0.2, -0.15) is 0 Å². The van der Waals surface area contributed by atoms with Crippen LogP contribution in [0.15, 0.2) is 146 Å². The number of nitrogens with one attached hydrogen (secondary N) is 4. The summed E-state index contributed by atoms with van der Waals surface area (Å²) in [4.78, 5) is 49.8. The fraction of sp³-hybridized carbons (Fsp3) is 0.412. The molecule has 456 valence electrons. The molecule has 10 rings (SSSR count). The first kappa shape index (κ1) is 62.9.